The SMILES string of the molecule is Cn1c(N)nnc1SC[C@@H]1Cc2ccccc2O[C@H]1C(F)(F)F. The maximum absolute atomic E-state index is 13.3. The lowest BCUT2D eigenvalue weighted by atomic mass is 9.92. The Balaban J connectivity index is 1.79. The number of nitrogen functional groups attached to an aromatic ring is 1. The summed E-state index contributed by atoms with van der Waals surface area (Å²) in [5.74, 6) is 0.0433. The molecule has 2 heterocycles. The molecule has 0 saturated heterocycles. The number of hydrogen-bond acceptors (Lipinski definition) is 5. The van der Waals surface area contributed by atoms with Gasteiger partial charge in [-0.2, -0.15) is 13.2 Å². The quantitative estimate of drug-likeness (QED) is 0.867. The van der Waals surface area contributed by atoms with Crippen LogP contribution in [-0.4, -0.2) is 32.8 Å². The molecule has 3 rings (SSSR count). The first-order valence-corrected chi connectivity index (χ1v) is 7.93. The van der Waals surface area contributed by atoms with Gasteiger partial charge in [-0.05, 0) is 18.1 Å². The molecule has 5 nitrogen and oxygen atoms in total. The zero-order valence-electron chi connectivity index (χ0n) is 12.2. The van der Waals surface area contributed by atoms with E-state index in [1.165, 1.54) is 11.8 Å². The number of benzene rings is 1. The number of ether oxygens (including phenoxy) is 1. The van der Waals surface area contributed by atoms with Crippen LogP contribution in [-0.2, 0) is 13.5 Å². The summed E-state index contributed by atoms with van der Waals surface area (Å²) in [7, 11) is 1.67. The first kappa shape index (κ1) is 16.0. The summed E-state index contributed by atoms with van der Waals surface area (Å²) in [4.78, 5) is 0. The van der Waals surface area contributed by atoms with Crippen molar-refractivity contribution in [1.29, 1.82) is 0 Å². The van der Waals surface area contributed by atoms with Gasteiger partial charge in [0.15, 0.2) is 11.3 Å². The maximum Gasteiger partial charge on any atom is 0.425 e. The fraction of sp³-hybridized carbons (Fsp3) is 0.429. The zero-order chi connectivity index (χ0) is 16.6. The van der Waals surface area contributed by atoms with Gasteiger partial charge in [-0.1, -0.05) is 30.0 Å². The van der Waals surface area contributed by atoms with E-state index in [0.717, 1.165) is 5.56 Å². The largest absolute Gasteiger partial charge is 0.480 e. The van der Waals surface area contributed by atoms with Crippen molar-refractivity contribution in [3.8, 4) is 5.75 Å². The van der Waals surface area contributed by atoms with Gasteiger partial charge in [0.2, 0.25) is 5.95 Å². The average Bonchev–Trinajstić information content (AvgIpc) is 2.83. The van der Waals surface area contributed by atoms with E-state index in [4.69, 9.17) is 10.5 Å². The Kier molecular flexibility index (Phi) is 4.13. The van der Waals surface area contributed by atoms with Crippen LogP contribution in [0.3, 0.4) is 0 Å². The van der Waals surface area contributed by atoms with Gasteiger partial charge in [-0.25, -0.2) is 0 Å². The number of para-hydroxylation sites is 1. The molecule has 0 unspecified atom stereocenters. The van der Waals surface area contributed by atoms with Crippen molar-refractivity contribution >= 4 is 17.7 Å². The van der Waals surface area contributed by atoms with Gasteiger partial charge in [-0.15, -0.1) is 10.2 Å². The fourth-order valence-electron chi connectivity index (χ4n) is 2.52. The maximum atomic E-state index is 13.3. The van der Waals surface area contributed by atoms with Crippen LogP contribution in [0, 0.1) is 5.92 Å². The molecule has 0 radical (unpaired) electrons. The molecule has 0 aliphatic carbocycles. The highest BCUT2D eigenvalue weighted by atomic mass is 32.2. The Labute approximate surface area is 135 Å². The van der Waals surface area contributed by atoms with Gasteiger partial charge in [0.1, 0.15) is 5.75 Å². The first-order valence-electron chi connectivity index (χ1n) is 6.95. The molecule has 23 heavy (non-hydrogen) atoms. The fourth-order valence-corrected chi connectivity index (χ4v) is 3.57. The molecule has 9 heteroatoms. The molecule has 1 aliphatic heterocycles. The molecule has 2 N–H and O–H groups in total. The minimum atomic E-state index is -4.42. The number of rotatable bonds is 3. The number of anilines is 1. The molecule has 2 atom stereocenters. The van der Waals surface area contributed by atoms with E-state index in [1.54, 1.807) is 35.9 Å². The number of hydrogen-bond donors (Lipinski definition) is 1. The number of aromatic nitrogens is 3. The number of alkyl halides is 3. The lowest BCUT2D eigenvalue weighted by Gasteiger charge is -2.34. The smallest absolute Gasteiger partial charge is 0.425 e. The van der Waals surface area contributed by atoms with Crippen molar-refractivity contribution in [2.24, 2.45) is 13.0 Å². The van der Waals surface area contributed by atoms with Gasteiger partial charge in [-0.3, -0.25) is 4.57 Å². The van der Waals surface area contributed by atoms with E-state index in [1.807, 2.05) is 0 Å². The normalized spacial score (nSPS) is 20.9. The van der Waals surface area contributed by atoms with Gasteiger partial charge < -0.3 is 10.5 Å². The number of nitrogens with two attached hydrogens (primary N) is 1. The summed E-state index contributed by atoms with van der Waals surface area (Å²) in [6.07, 6.45) is -5.94. The van der Waals surface area contributed by atoms with Crippen LogP contribution in [0.4, 0.5) is 19.1 Å². The average molecular weight is 344 g/mol. The minimum Gasteiger partial charge on any atom is -0.480 e. The number of halogens is 3. The van der Waals surface area contributed by atoms with Crippen LogP contribution in [0.2, 0.25) is 0 Å². The second kappa shape index (κ2) is 5.95. The highest BCUT2D eigenvalue weighted by Gasteiger charge is 2.49. The molecule has 1 aromatic heterocycles. The van der Waals surface area contributed by atoms with Crippen LogP contribution in [0.15, 0.2) is 29.4 Å². The van der Waals surface area contributed by atoms with Crippen LogP contribution in [0.5, 0.6) is 5.75 Å². The van der Waals surface area contributed by atoms with E-state index in [-0.39, 0.29) is 11.7 Å². The third-order valence-electron chi connectivity index (χ3n) is 3.75. The van der Waals surface area contributed by atoms with E-state index >= 15 is 0 Å². The van der Waals surface area contributed by atoms with E-state index in [0.29, 0.717) is 17.3 Å². The number of thioether (sulfide) groups is 1. The van der Waals surface area contributed by atoms with Crippen molar-refractivity contribution in [1.82, 2.24) is 14.8 Å². The Morgan fingerprint density at radius 3 is 2.74 bits per heavy atom. The molecule has 1 aromatic carbocycles. The lowest BCUT2D eigenvalue weighted by molar-refractivity contribution is -0.211. The molecule has 124 valence electrons. The summed E-state index contributed by atoms with van der Waals surface area (Å²) in [6.45, 7) is 0. The summed E-state index contributed by atoms with van der Waals surface area (Å²) in [5.41, 5.74) is 6.37. The van der Waals surface area contributed by atoms with Crippen LogP contribution < -0.4 is 10.5 Å². The van der Waals surface area contributed by atoms with Gasteiger partial charge in [0.05, 0.1) is 0 Å². The predicted octanol–water partition coefficient (Wildman–Crippen LogP) is 2.67. The topological polar surface area (TPSA) is 66.0 Å². The Bertz CT molecular complexity index is 704. The Morgan fingerprint density at radius 1 is 1.35 bits per heavy atom. The van der Waals surface area contributed by atoms with Crippen LogP contribution >= 0.6 is 11.8 Å². The van der Waals surface area contributed by atoms with Crippen molar-refractivity contribution in [3.63, 3.8) is 0 Å². The monoisotopic (exact) mass is 344 g/mol. The second-order valence-corrected chi connectivity index (χ2v) is 6.35. The molecule has 2 aromatic rings. The highest BCUT2D eigenvalue weighted by Crippen LogP contribution is 2.40. The van der Waals surface area contributed by atoms with Crippen molar-refractivity contribution in [3.05, 3.63) is 29.8 Å². The van der Waals surface area contributed by atoms with E-state index in [9.17, 15) is 13.2 Å². The predicted molar refractivity (Wildman–Crippen MR) is 80.2 cm³/mol. The molecule has 0 amide bonds. The lowest BCUT2D eigenvalue weighted by Crippen LogP contribution is -2.45. The van der Waals surface area contributed by atoms with Crippen molar-refractivity contribution in [2.75, 3.05) is 11.5 Å². The third-order valence-corrected chi connectivity index (χ3v) is 4.96. The van der Waals surface area contributed by atoms with Crippen molar-refractivity contribution in [2.45, 2.75) is 23.9 Å². The summed E-state index contributed by atoms with van der Waals surface area (Å²) >= 11 is 1.20. The minimum absolute atomic E-state index is 0.213. The first-order chi connectivity index (χ1) is 10.9. The van der Waals surface area contributed by atoms with E-state index < -0.39 is 18.2 Å². The Hall–Kier alpha value is -1.90. The number of nitrogens with zero attached hydrogens (tertiary/aromatic N) is 3. The van der Waals surface area contributed by atoms with Gasteiger partial charge in [0, 0.05) is 18.7 Å². The summed E-state index contributed by atoms with van der Waals surface area (Å²) in [5, 5.41) is 8.05. The van der Waals surface area contributed by atoms with Gasteiger partial charge >= 0.3 is 6.18 Å². The van der Waals surface area contributed by atoms with Crippen LogP contribution in [0.25, 0.3) is 0 Å². The highest BCUT2D eigenvalue weighted by molar-refractivity contribution is 7.99. The molecular formula is C14H15F3N4OS. The molecule has 0 saturated carbocycles. The molecule has 1 aliphatic rings. The standard InChI is InChI=1S/C14H15F3N4OS/c1-21-12(18)19-20-13(21)23-7-9-6-8-4-2-3-5-10(8)22-11(9)14(15,16)17/h2-5,9,11H,6-7H2,1H3,(H2,18,19)/t9-,11+/m0/s1. The second-order valence-electron chi connectivity index (χ2n) is 5.36. The third kappa shape index (κ3) is 3.24. The molecule has 0 spiro atoms. The van der Waals surface area contributed by atoms with Gasteiger partial charge in [0.25, 0.3) is 0 Å². The number of fused-ring (bicyclic) bond motifs is 1. The zero-order valence-corrected chi connectivity index (χ0v) is 13.1. The van der Waals surface area contributed by atoms with E-state index in [2.05, 4.69) is 10.2 Å². The molecular weight excluding hydrogens is 329 g/mol. The summed E-state index contributed by atoms with van der Waals surface area (Å²) in [6, 6.07) is 6.83. The molecule has 0 fully saturated rings. The summed E-state index contributed by atoms with van der Waals surface area (Å²) < 4.78 is 46.7. The molecule has 0 bridgehead atoms. The Morgan fingerprint density at radius 2 is 2.09 bits per heavy atom. The van der Waals surface area contributed by atoms with Crippen LogP contribution in [0.1, 0.15) is 5.56 Å². The van der Waals surface area contributed by atoms with Crippen molar-refractivity contribution < 1.29 is 17.9 Å².